The van der Waals surface area contributed by atoms with Gasteiger partial charge in [-0.25, -0.2) is 8.42 Å². The van der Waals surface area contributed by atoms with Gasteiger partial charge in [0.05, 0.1) is 29.5 Å². The van der Waals surface area contributed by atoms with E-state index >= 15 is 0 Å². The molecule has 2 saturated heterocycles. The zero-order valence-corrected chi connectivity index (χ0v) is 17.0. The molecule has 0 aliphatic carbocycles. The predicted molar refractivity (Wildman–Crippen MR) is 112 cm³/mol. The van der Waals surface area contributed by atoms with Crippen molar-refractivity contribution < 1.29 is 17.9 Å². The number of carbonyl (C=O) groups excluding carboxylic acids is 1. The number of anilines is 2. The maximum absolute atomic E-state index is 12.8. The lowest BCUT2D eigenvalue weighted by molar-refractivity contribution is 0.102. The van der Waals surface area contributed by atoms with E-state index in [2.05, 4.69) is 10.2 Å². The van der Waals surface area contributed by atoms with E-state index in [0.29, 0.717) is 31.9 Å². The van der Waals surface area contributed by atoms with E-state index in [1.54, 1.807) is 12.1 Å². The van der Waals surface area contributed by atoms with Gasteiger partial charge in [0.15, 0.2) is 0 Å². The molecule has 2 aliphatic rings. The number of hydrogen-bond acceptors (Lipinski definition) is 5. The number of hydrogen-bond donors (Lipinski definition) is 1. The van der Waals surface area contributed by atoms with Crippen molar-refractivity contribution in [1.29, 1.82) is 0 Å². The number of nitrogens with one attached hydrogen (secondary N) is 1. The predicted octanol–water partition coefficient (Wildman–Crippen LogP) is 2.56. The average molecular weight is 416 g/mol. The van der Waals surface area contributed by atoms with Gasteiger partial charge in [0.1, 0.15) is 0 Å². The zero-order chi connectivity index (χ0) is 20.3. The van der Waals surface area contributed by atoms with E-state index in [-0.39, 0.29) is 10.8 Å². The maximum atomic E-state index is 12.8. The molecule has 0 saturated carbocycles. The third-order valence-electron chi connectivity index (χ3n) is 5.32. The van der Waals surface area contributed by atoms with E-state index in [4.69, 9.17) is 4.74 Å². The standard InChI is InChI=1S/C21H25N3O4S/c25-21(22-19-5-1-2-6-20(19)23-13-15-28-16-14-23)17-7-9-18(10-8-17)29(26,27)24-11-3-4-12-24/h1-2,5-10H,3-4,11-16H2,(H,22,25). The largest absolute Gasteiger partial charge is 0.378 e. The highest BCUT2D eigenvalue weighted by molar-refractivity contribution is 7.89. The molecule has 154 valence electrons. The molecular formula is C21H25N3O4S. The van der Waals surface area contributed by atoms with Crippen molar-refractivity contribution in [3.05, 3.63) is 54.1 Å². The molecule has 2 aromatic rings. The van der Waals surface area contributed by atoms with Crippen LogP contribution in [0.5, 0.6) is 0 Å². The Morgan fingerprint density at radius 2 is 1.55 bits per heavy atom. The van der Waals surface area contributed by atoms with Crippen molar-refractivity contribution >= 4 is 27.3 Å². The van der Waals surface area contributed by atoms with Crippen LogP contribution in [0, 0.1) is 0 Å². The number of rotatable bonds is 5. The monoisotopic (exact) mass is 415 g/mol. The number of nitrogens with zero attached hydrogens (tertiary/aromatic N) is 2. The molecule has 1 amide bonds. The Morgan fingerprint density at radius 3 is 2.24 bits per heavy atom. The van der Waals surface area contributed by atoms with Gasteiger partial charge in [0.25, 0.3) is 5.91 Å². The van der Waals surface area contributed by atoms with Crippen molar-refractivity contribution in [3.8, 4) is 0 Å². The Kier molecular flexibility index (Phi) is 5.84. The summed E-state index contributed by atoms with van der Waals surface area (Å²) in [7, 11) is -3.48. The van der Waals surface area contributed by atoms with Gasteiger partial charge in [0.2, 0.25) is 10.0 Å². The Labute approximate surface area is 171 Å². The number of ether oxygens (including phenoxy) is 1. The minimum absolute atomic E-state index is 0.227. The molecule has 7 nitrogen and oxygen atoms in total. The number of amides is 1. The first-order chi connectivity index (χ1) is 14.1. The fourth-order valence-corrected chi connectivity index (χ4v) is 5.23. The zero-order valence-electron chi connectivity index (χ0n) is 16.2. The van der Waals surface area contributed by atoms with Crippen LogP contribution < -0.4 is 10.2 Å². The van der Waals surface area contributed by atoms with Crippen molar-refractivity contribution in [1.82, 2.24) is 4.31 Å². The second-order valence-electron chi connectivity index (χ2n) is 7.21. The molecule has 0 spiro atoms. The molecule has 0 aromatic heterocycles. The van der Waals surface area contributed by atoms with E-state index in [9.17, 15) is 13.2 Å². The third kappa shape index (κ3) is 4.29. The Hall–Kier alpha value is -2.42. The normalized spacial score (nSPS) is 18.0. The van der Waals surface area contributed by atoms with Gasteiger partial charge < -0.3 is 15.0 Å². The average Bonchev–Trinajstić information content (AvgIpc) is 3.31. The topological polar surface area (TPSA) is 79.0 Å². The van der Waals surface area contributed by atoms with E-state index < -0.39 is 10.0 Å². The SMILES string of the molecule is O=C(Nc1ccccc1N1CCOCC1)c1ccc(S(=O)(=O)N2CCCC2)cc1. The lowest BCUT2D eigenvalue weighted by Crippen LogP contribution is -2.36. The van der Waals surface area contributed by atoms with Crippen molar-refractivity contribution in [3.63, 3.8) is 0 Å². The summed E-state index contributed by atoms with van der Waals surface area (Å²) in [6, 6.07) is 13.8. The molecule has 29 heavy (non-hydrogen) atoms. The number of benzene rings is 2. The Balaban J connectivity index is 1.49. The highest BCUT2D eigenvalue weighted by atomic mass is 32.2. The highest BCUT2D eigenvalue weighted by Crippen LogP contribution is 2.27. The molecule has 0 bridgehead atoms. The minimum atomic E-state index is -3.48. The van der Waals surface area contributed by atoms with E-state index in [0.717, 1.165) is 37.3 Å². The van der Waals surface area contributed by atoms with Gasteiger partial charge in [-0.05, 0) is 49.2 Å². The van der Waals surface area contributed by atoms with Crippen LogP contribution in [0.15, 0.2) is 53.4 Å². The summed E-state index contributed by atoms with van der Waals surface area (Å²) in [4.78, 5) is 15.2. The highest BCUT2D eigenvalue weighted by Gasteiger charge is 2.27. The minimum Gasteiger partial charge on any atom is -0.378 e. The van der Waals surface area contributed by atoms with Crippen LogP contribution in [0.2, 0.25) is 0 Å². The van der Waals surface area contributed by atoms with Crippen LogP contribution in [0.1, 0.15) is 23.2 Å². The molecule has 4 rings (SSSR count). The van der Waals surface area contributed by atoms with Crippen molar-refractivity contribution in [2.24, 2.45) is 0 Å². The molecule has 1 N–H and O–H groups in total. The number of para-hydroxylation sites is 2. The summed E-state index contributed by atoms with van der Waals surface area (Å²) < 4.78 is 32.2. The fraction of sp³-hybridized carbons (Fsp3) is 0.381. The van der Waals surface area contributed by atoms with Crippen LogP contribution in [0.25, 0.3) is 0 Å². The number of sulfonamides is 1. The van der Waals surface area contributed by atoms with Gasteiger partial charge in [0, 0.05) is 31.7 Å². The lowest BCUT2D eigenvalue weighted by atomic mass is 10.2. The second-order valence-corrected chi connectivity index (χ2v) is 9.14. The number of morpholine rings is 1. The van der Waals surface area contributed by atoms with Crippen molar-refractivity contribution in [2.75, 3.05) is 49.6 Å². The summed E-state index contributed by atoms with van der Waals surface area (Å²) in [5.74, 6) is -0.268. The van der Waals surface area contributed by atoms with Crippen LogP contribution in [-0.2, 0) is 14.8 Å². The molecule has 2 aromatic carbocycles. The molecule has 2 fully saturated rings. The molecular weight excluding hydrogens is 390 g/mol. The number of carbonyl (C=O) groups is 1. The van der Waals surface area contributed by atoms with Gasteiger partial charge in [-0.2, -0.15) is 4.31 Å². The van der Waals surface area contributed by atoms with Gasteiger partial charge in [-0.3, -0.25) is 4.79 Å². The molecule has 0 atom stereocenters. The summed E-state index contributed by atoms with van der Waals surface area (Å²) >= 11 is 0. The van der Waals surface area contributed by atoms with E-state index in [1.807, 2.05) is 24.3 Å². The first-order valence-corrected chi connectivity index (χ1v) is 11.3. The molecule has 8 heteroatoms. The van der Waals surface area contributed by atoms with Crippen LogP contribution in [0.4, 0.5) is 11.4 Å². The summed E-state index contributed by atoms with van der Waals surface area (Å²) in [5, 5.41) is 2.96. The first-order valence-electron chi connectivity index (χ1n) is 9.89. The Morgan fingerprint density at radius 1 is 0.897 bits per heavy atom. The molecule has 0 radical (unpaired) electrons. The molecule has 2 heterocycles. The van der Waals surface area contributed by atoms with Gasteiger partial charge >= 0.3 is 0 Å². The van der Waals surface area contributed by atoms with Gasteiger partial charge in [-0.15, -0.1) is 0 Å². The maximum Gasteiger partial charge on any atom is 0.255 e. The van der Waals surface area contributed by atoms with Gasteiger partial charge in [-0.1, -0.05) is 12.1 Å². The summed E-state index contributed by atoms with van der Waals surface area (Å²) in [6.45, 7) is 3.99. The fourth-order valence-electron chi connectivity index (χ4n) is 3.71. The van der Waals surface area contributed by atoms with Crippen molar-refractivity contribution in [2.45, 2.75) is 17.7 Å². The Bertz CT molecular complexity index is 964. The molecule has 2 aliphatic heterocycles. The first kappa shape index (κ1) is 19.9. The quantitative estimate of drug-likeness (QED) is 0.812. The molecule has 0 unspecified atom stereocenters. The smallest absolute Gasteiger partial charge is 0.255 e. The van der Waals surface area contributed by atoms with Crippen LogP contribution >= 0.6 is 0 Å². The second kappa shape index (κ2) is 8.52. The lowest BCUT2D eigenvalue weighted by Gasteiger charge is -2.30. The summed E-state index contributed by atoms with van der Waals surface area (Å²) in [5.41, 5.74) is 2.10. The van der Waals surface area contributed by atoms with Crippen LogP contribution in [0.3, 0.4) is 0 Å². The summed E-state index contributed by atoms with van der Waals surface area (Å²) in [6.07, 6.45) is 1.78. The van der Waals surface area contributed by atoms with Crippen LogP contribution in [-0.4, -0.2) is 58.0 Å². The van der Waals surface area contributed by atoms with E-state index in [1.165, 1.54) is 16.4 Å². The third-order valence-corrected chi connectivity index (χ3v) is 7.24.